The summed E-state index contributed by atoms with van der Waals surface area (Å²) >= 11 is 0. The lowest BCUT2D eigenvalue weighted by molar-refractivity contribution is 0.0727. The molecule has 0 radical (unpaired) electrons. The Morgan fingerprint density at radius 2 is 2.06 bits per heavy atom. The average molecular weight is 229 g/mol. The van der Waals surface area contributed by atoms with E-state index in [1.165, 1.54) is 24.0 Å². The topological polar surface area (TPSA) is 20.3 Å². The molecule has 90 valence electrons. The van der Waals surface area contributed by atoms with E-state index in [4.69, 9.17) is 0 Å². The lowest BCUT2D eigenvalue weighted by Gasteiger charge is -2.29. The summed E-state index contributed by atoms with van der Waals surface area (Å²) in [5.41, 5.74) is 3.53. The van der Waals surface area contributed by atoms with Crippen LogP contribution >= 0.6 is 0 Å². The summed E-state index contributed by atoms with van der Waals surface area (Å²) in [6.45, 7) is 5.31. The van der Waals surface area contributed by atoms with Crippen LogP contribution in [0.25, 0.3) is 0 Å². The van der Waals surface area contributed by atoms with Crippen LogP contribution in [0, 0.1) is 0 Å². The van der Waals surface area contributed by atoms with Crippen molar-refractivity contribution in [2.75, 3.05) is 6.54 Å². The van der Waals surface area contributed by atoms with Crippen molar-refractivity contribution in [1.82, 2.24) is 4.90 Å². The zero-order valence-corrected chi connectivity index (χ0v) is 10.6. The maximum absolute atomic E-state index is 12.3. The van der Waals surface area contributed by atoms with Crippen molar-refractivity contribution >= 4 is 5.91 Å². The predicted octanol–water partition coefficient (Wildman–Crippen LogP) is 2.97. The second-order valence-corrected chi connectivity index (χ2v) is 5.55. The molecule has 1 amide bonds. The fraction of sp³-hybridized carbons (Fsp3) is 0.533. The summed E-state index contributed by atoms with van der Waals surface area (Å²) in [4.78, 5) is 14.4. The van der Waals surface area contributed by atoms with E-state index in [0.29, 0.717) is 12.0 Å². The fourth-order valence-corrected chi connectivity index (χ4v) is 2.62. The molecule has 0 N–H and O–H groups in total. The lowest BCUT2D eigenvalue weighted by atomic mass is 9.93. The quantitative estimate of drug-likeness (QED) is 0.763. The molecule has 2 heteroatoms. The highest BCUT2D eigenvalue weighted by Gasteiger charge is 2.35. The van der Waals surface area contributed by atoms with Gasteiger partial charge >= 0.3 is 0 Å². The van der Waals surface area contributed by atoms with Crippen molar-refractivity contribution in [3.05, 3.63) is 34.9 Å². The molecule has 0 spiro atoms. The molecule has 1 aliphatic carbocycles. The second-order valence-electron chi connectivity index (χ2n) is 5.55. The first kappa shape index (κ1) is 10.8. The Morgan fingerprint density at radius 1 is 1.29 bits per heavy atom. The van der Waals surface area contributed by atoms with Crippen molar-refractivity contribution in [3.63, 3.8) is 0 Å². The van der Waals surface area contributed by atoms with Gasteiger partial charge in [-0.3, -0.25) is 4.79 Å². The average Bonchev–Trinajstić information content (AvgIpc) is 3.13. The number of amides is 1. The number of benzene rings is 1. The van der Waals surface area contributed by atoms with Crippen LogP contribution in [0.15, 0.2) is 18.2 Å². The summed E-state index contributed by atoms with van der Waals surface area (Å²) in [5.74, 6) is 0.793. The van der Waals surface area contributed by atoms with Crippen LogP contribution in [0.2, 0.25) is 0 Å². The first-order chi connectivity index (χ1) is 8.16. The second kappa shape index (κ2) is 3.86. The van der Waals surface area contributed by atoms with Gasteiger partial charge in [0.25, 0.3) is 5.91 Å². The Balaban J connectivity index is 1.93. The molecular formula is C15H19NO. The molecule has 1 saturated carbocycles. The lowest BCUT2D eigenvalue weighted by Crippen LogP contribution is -2.39. The third-order valence-corrected chi connectivity index (χ3v) is 3.90. The van der Waals surface area contributed by atoms with E-state index in [-0.39, 0.29) is 5.91 Å². The highest BCUT2D eigenvalue weighted by Crippen LogP contribution is 2.32. The van der Waals surface area contributed by atoms with E-state index >= 15 is 0 Å². The highest BCUT2D eigenvalue weighted by molar-refractivity contribution is 5.97. The molecule has 3 rings (SSSR count). The van der Waals surface area contributed by atoms with E-state index in [1.807, 2.05) is 6.07 Å². The minimum absolute atomic E-state index is 0.254. The number of carbonyl (C=O) groups excluding carboxylic acids is 1. The zero-order valence-electron chi connectivity index (χ0n) is 10.6. The van der Waals surface area contributed by atoms with Crippen LogP contribution < -0.4 is 0 Å². The Labute approximate surface area is 103 Å². The minimum atomic E-state index is 0.254. The van der Waals surface area contributed by atoms with Crippen LogP contribution in [0.1, 0.15) is 54.1 Å². The molecule has 2 aliphatic rings. The summed E-state index contributed by atoms with van der Waals surface area (Å²) in [6, 6.07) is 6.90. The third-order valence-electron chi connectivity index (χ3n) is 3.90. The van der Waals surface area contributed by atoms with Crippen LogP contribution in [-0.2, 0) is 6.42 Å². The molecule has 0 bridgehead atoms. The van der Waals surface area contributed by atoms with Gasteiger partial charge in [0.05, 0.1) is 0 Å². The SMILES string of the molecule is CC(C)c1ccc2c(c1)CCN(C1CC1)C2=O. The minimum Gasteiger partial charge on any atom is -0.335 e. The largest absolute Gasteiger partial charge is 0.335 e. The number of hydrogen-bond donors (Lipinski definition) is 0. The monoisotopic (exact) mass is 229 g/mol. The molecular weight excluding hydrogens is 210 g/mol. The van der Waals surface area contributed by atoms with Crippen molar-refractivity contribution in [2.45, 2.75) is 45.1 Å². The number of carbonyl (C=O) groups is 1. The van der Waals surface area contributed by atoms with Gasteiger partial charge in [-0.2, -0.15) is 0 Å². The molecule has 2 nitrogen and oxygen atoms in total. The number of fused-ring (bicyclic) bond motifs is 1. The number of hydrogen-bond acceptors (Lipinski definition) is 1. The maximum Gasteiger partial charge on any atom is 0.254 e. The zero-order chi connectivity index (χ0) is 12.0. The Kier molecular flexibility index (Phi) is 2.46. The van der Waals surface area contributed by atoms with Gasteiger partial charge < -0.3 is 4.90 Å². The molecule has 17 heavy (non-hydrogen) atoms. The summed E-state index contributed by atoms with van der Waals surface area (Å²) in [6.07, 6.45) is 3.43. The highest BCUT2D eigenvalue weighted by atomic mass is 16.2. The fourth-order valence-electron chi connectivity index (χ4n) is 2.62. The Bertz CT molecular complexity index is 460. The standard InChI is InChI=1S/C15H19NO/c1-10(2)11-3-6-14-12(9-11)7-8-16(15(14)17)13-4-5-13/h3,6,9-10,13H,4-5,7-8H2,1-2H3. The van der Waals surface area contributed by atoms with Gasteiger partial charge in [0, 0.05) is 18.2 Å². The van der Waals surface area contributed by atoms with Crippen molar-refractivity contribution in [3.8, 4) is 0 Å². The van der Waals surface area contributed by atoms with Crippen molar-refractivity contribution in [1.29, 1.82) is 0 Å². The first-order valence-corrected chi connectivity index (χ1v) is 6.60. The van der Waals surface area contributed by atoms with E-state index in [0.717, 1.165) is 18.5 Å². The third kappa shape index (κ3) is 1.86. The molecule has 0 saturated heterocycles. The first-order valence-electron chi connectivity index (χ1n) is 6.60. The molecule has 1 heterocycles. The Morgan fingerprint density at radius 3 is 2.71 bits per heavy atom. The van der Waals surface area contributed by atoms with Crippen LogP contribution in [0.5, 0.6) is 0 Å². The normalized spacial score (nSPS) is 19.7. The summed E-state index contributed by atoms with van der Waals surface area (Å²) in [5, 5.41) is 0. The maximum atomic E-state index is 12.3. The molecule has 1 aromatic rings. The number of nitrogens with zero attached hydrogens (tertiary/aromatic N) is 1. The molecule has 0 atom stereocenters. The van der Waals surface area contributed by atoms with E-state index in [9.17, 15) is 4.79 Å². The van der Waals surface area contributed by atoms with E-state index in [1.54, 1.807) is 0 Å². The van der Waals surface area contributed by atoms with Gasteiger partial charge in [0.1, 0.15) is 0 Å². The molecule has 1 aromatic carbocycles. The molecule has 0 aromatic heterocycles. The predicted molar refractivity (Wildman–Crippen MR) is 68.3 cm³/mol. The molecule has 0 unspecified atom stereocenters. The van der Waals surface area contributed by atoms with Gasteiger partial charge in [-0.1, -0.05) is 26.0 Å². The van der Waals surface area contributed by atoms with Crippen LogP contribution in [0.3, 0.4) is 0 Å². The van der Waals surface area contributed by atoms with E-state index < -0.39 is 0 Å². The Hall–Kier alpha value is -1.31. The smallest absolute Gasteiger partial charge is 0.254 e. The van der Waals surface area contributed by atoms with Gasteiger partial charge in [0.2, 0.25) is 0 Å². The molecule has 1 aliphatic heterocycles. The van der Waals surface area contributed by atoms with Crippen LogP contribution in [-0.4, -0.2) is 23.4 Å². The van der Waals surface area contributed by atoms with Gasteiger partial charge in [-0.05, 0) is 42.4 Å². The molecule has 1 fully saturated rings. The van der Waals surface area contributed by atoms with E-state index in [2.05, 4.69) is 30.9 Å². The summed E-state index contributed by atoms with van der Waals surface area (Å²) < 4.78 is 0. The van der Waals surface area contributed by atoms with Crippen molar-refractivity contribution < 1.29 is 4.79 Å². The van der Waals surface area contributed by atoms with Gasteiger partial charge in [0.15, 0.2) is 0 Å². The van der Waals surface area contributed by atoms with Crippen molar-refractivity contribution in [2.24, 2.45) is 0 Å². The van der Waals surface area contributed by atoms with Gasteiger partial charge in [-0.15, -0.1) is 0 Å². The summed E-state index contributed by atoms with van der Waals surface area (Å²) in [7, 11) is 0. The number of rotatable bonds is 2. The van der Waals surface area contributed by atoms with Gasteiger partial charge in [-0.25, -0.2) is 0 Å². The van der Waals surface area contributed by atoms with Crippen LogP contribution in [0.4, 0.5) is 0 Å².